The second kappa shape index (κ2) is 4.42. The normalized spacial score (nSPS) is 12.3. The van der Waals surface area contributed by atoms with Crippen LogP contribution in [0.2, 0.25) is 0 Å². The minimum absolute atomic E-state index is 0.235. The second-order valence-corrected chi connectivity index (χ2v) is 5.59. The maximum atomic E-state index is 13.4. The molecule has 1 heterocycles. The number of rotatable bonds is 3. The van der Waals surface area contributed by atoms with Crippen LogP contribution in [0.15, 0.2) is 28.9 Å². The van der Waals surface area contributed by atoms with Crippen molar-refractivity contribution in [2.75, 3.05) is 7.11 Å². The number of benzene rings is 1. The quantitative estimate of drug-likeness (QED) is 0.836. The molecule has 2 rings (SSSR count). The van der Waals surface area contributed by atoms with Crippen LogP contribution in [0.5, 0.6) is 0 Å². The van der Waals surface area contributed by atoms with Gasteiger partial charge in [-0.25, -0.2) is 4.39 Å². The largest absolute Gasteiger partial charge is 0.377 e. The van der Waals surface area contributed by atoms with Crippen molar-refractivity contribution in [3.05, 3.63) is 34.7 Å². The Balaban J connectivity index is 2.46. The molecule has 0 spiro atoms. The predicted octanol–water partition coefficient (Wildman–Crippen LogP) is 3.97. The van der Waals surface area contributed by atoms with Gasteiger partial charge >= 0.3 is 0 Å². The molecule has 92 valence electrons. The average Bonchev–Trinajstić information content (AvgIpc) is 2.62. The molecule has 0 atom stereocenters. The fourth-order valence-corrected chi connectivity index (χ4v) is 2.13. The zero-order chi connectivity index (χ0) is 12.6. The minimum atomic E-state index is -0.243. The Morgan fingerprint density at radius 2 is 2.12 bits per heavy atom. The Hall–Kier alpha value is -0.870. The minimum Gasteiger partial charge on any atom is -0.377 e. The van der Waals surface area contributed by atoms with E-state index in [2.05, 4.69) is 20.5 Å². The highest BCUT2D eigenvalue weighted by Crippen LogP contribution is 2.25. The molecular weight excluding hydrogens is 285 g/mol. The molecule has 0 aliphatic rings. The second-order valence-electron chi connectivity index (χ2n) is 4.73. The number of nitrogens with zero attached hydrogens (tertiary/aromatic N) is 1. The van der Waals surface area contributed by atoms with Gasteiger partial charge in [-0.15, -0.1) is 0 Å². The van der Waals surface area contributed by atoms with Crippen molar-refractivity contribution in [1.29, 1.82) is 0 Å². The van der Waals surface area contributed by atoms with Crippen molar-refractivity contribution >= 4 is 26.8 Å². The number of fused-ring (bicyclic) bond motifs is 1. The number of aromatic nitrogens is 1. The molecule has 0 amide bonds. The summed E-state index contributed by atoms with van der Waals surface area (Å²) in [4.78, 5) is 0. The first-order valence-electron chi connectivity index (χ1n) is 5.42. The summed E-state index contributed by atoms with van der Waals surface area (Å²) in [6.45, 7) is 4.78. The van der Waals surface area contributed by atoms with E-state index in [9.17, 15) is 4.39 Å². The Kier molecular flexibility index (Phi) is 3.27. The molecule has 0 aliphatic carbocycles. The van der Waals surface area contributed by atoms with Crippen molar-refractivity contribution < 1.29 is 9.13 Å². The van der Waals surface area contributed by atoms with Gasteiger partial charge in [-0.2, -0.15) is 0 Å². The highest BCUT2D eigenvalue weighted by molar-refractivity contribution is 9.10. The first-order chi connectivity index (χ1) is 7.93. The summed E-state index contributed by atoms with van der Waals surface area (Å²) in [5, 5.41) is 0.901. The van der Waals surface area contributed by atoms with Gasteiger partial charge in [0.15, 0.2) is 0 Å². The van der Waals surface area contributed by atoms with Gasteiger partial charge in [-0.05, 0) is 48.0 Å². The van der Waals surface area contributed by atoms with Gasteiger partial charge in [-0.3, -0.25) is 0 Å². The van der Waals surface area contributed by atoms with E-state index in [1.54, 1.807) is 13.2 Å². The van der Waals surface area contributed by atoms with Gasteiger partial charge in [-0.1, -0.05) is 0 Å². The predicted molar refractivity (Wildman–Crippen MR) is 70.7 cm³/mol. The lowest BCUT2D eigenvalue weighted by molar-refractivity contribution is 0.00913. The monoisotopic (exact) mass is 299 g/mol. The summed E-state index contributed by atoms with van der Waals surface area (Å²) >= 11 is 3.21. The smallest absolute Gasteiger partial charge is 0.138 e. The van der Waals surface area contributed by atoms with E-state index in [1.165, 1.54) is 6.07 Å². The summed E-state index contributed by atoms with van der Waals surface area (Å²) in [7, 11) is 1.70. The molecule has 0 N–H and O–H groups in total. The summed E-state index contributed by atoms with van der Waals surface area (Å²) in [6.07, 6.45) is 1.96. The van der Waals surface area contributed by atoms with Crippen LogP contribution in [-0.4, -0.2) is 17.3 Å². The van der Waals surface area contributed by atoms with Crippen LogP contribution in [0.3, 0.4) is 0 Å². The Labute approximate surface area is 109 Å². The highest BCUT2D eigenvalue weighted by Gasteiger charge is 2.18. The topological polar surface area (TPSA) is 14.2 Å². The van der Waals surface area contributed by atoms with Crippen LogP contribution in [-0.2, 0) is 11.3 Å². The van der Waals surface area contributed by atoms with Crippen molar-refractivity contribution in [2.24, 2.45) is 0 Å². The Morgan fingerprint density at radius 3 is 2.76 bits per heavy atom. The number of hydrogen-bond acceptors (Lipinski definition) is 1. The van der Waals surface area contributed by atoms with Crippen molar-refractivity contribution in [3.63, 3.8) is 0 Å². The molecule has 4 heteroatoms. The average molecular weight is 300 g/mol. The summed E-state index contributed by atoms with van der Waals surface area (Å²) in [6, 6.07) is 5.25. The SMILES string of the molecule is COC(C)(C)Cn1ccc2cc(F)c(Br)cc21. The van der Waals surface area contributed by atoms with Gasteiger partial charge in [0, 0.05) is 24.2 Å². The molecule has 1 aromatic carbocycles. The van der Waals surface area contributed by atoms with Crippen LogP contribution < -0.4 is 0 Å². The molecule has 2 nitrogen and oxygen atoms in total. The van der Waals surface area contributed by atoms with Crippen molar-refractivity contribution in [1.82, 2.24) is 4.57 Å². The Bertz CT molecular complexity index is 548. The lowest BCUT2D eigenvalue weighted by Crippen LogP contribution is -2.28. The van der Waals surface area contributed by atoms with Gasteiger partial charge in [0.1, 0.15) is 5.82 Å². The standard InChI is InChI=1S/C13H15BrFNO/c1-13(2,17-3)8-16-5-4-9-6-11(15)10(14)7-12(9)16/h4-7H,8H2,1-3H3. The van der Waals surface area contributed by atoms with Gasteiger partial charge in [0.25, 0.3) is 0 Å². The fraction of sp³-hybridized carbons (Fsp3) is 0.385. The number of methoxy groups -OCH3 is 1. The van der Waals surface area contributed by atoms with Crippen LogP contribution >= 0.6 is 15.9 Å². The first-order valence-corrected chi connectivity index (χ1v) is 6.21. The summed E-state index contributed by atoms with van der Waals surface area (Å²) in [5.41, 5.74) is 0.760. The molecule has 0 saturated carbocycles. The number of halogens is 2. The first kappa shape index (κ1) is 12.6. The van der Waals surface area contributed by atoms with Crippen LogP contribution in [0.1, 0.15) is 13.8 Å². The molecule has 1 aromatic heterocycles. The summed E-state index contributed by atoms with van der Waals surface area (Å²) in [5.74, 6) is -0.235. The van der Waals surface area contributed by atoms with E-state index in [-0.39, 0.29) is 11.4 Å². The third-order valence-corrected chi connectivity index (χ3v) is 3.52. The lowest BCUT2D eigenvalue weighted by Gasteiger charge is -2.24. The van der Waals surface area contributed by atoms with E-state index in [1.807, 2.05) is 26.1 Å². The highest BCUT2D eigenvalue weighted by atomic mass is 79.9. The molecule has 2 aromatic rings. The van der Waals surface area contributed by atoms with E-state index < -0.39 is 0 Å². The van der Waals surface area contributed by atoms with Crippen molar-refractivity contribution in [2.45, 2.75) is 26.0 Å². The van der Waals surface area contributed by atoms with Gasteiger partial charge in [0.2, 0.25) is 0 Å². The molecule has 0 aliphatic heterocycles. The van der Waals surface area contributed by atoms with E-state index in [0.29, 0.717) is 4.47 Å². The van der Waals surface area contributed by atoms with Gasteiger partial charge in [0.05, 0.1) is 16.6 Å². The molecular formula is C13H15BrFNO. The number of hydrogen-bond donors (Lipinski definition) is 0. The zero-order valence-corrected chi connectivity index (χ0v) is 11.7. The van der Waals surface area contributed by atoms with E-state index >= 15 is 0 Å². The fourth-order valence-electron chi connectivity index (χ4n) is 1.80. The Morgan fingerprint density at radius 1 is 1.41 bits per heavy atom. The van der Waals surface area contributed by atoms with Crippen molar-refractivity contribution in [3.8, 4) is 0 Å². The van der Waals surface area contributed by atoms with Crippen LogP contribution in [0, 0.1) is 5.82 Å². The molecule has 17 heavy (non-hydrogen) atoms. The third kappa shape index (κ3) is 2.53. The third-order valence-electron chi connectivity index (χ3n) is 2.92. The van der Waals surface area contributed by atoms with Crippen LogP contribution in [0.4, 0.5) is 4.39 Å². The lowest BCUT2D eigenvalue weighted by atomic mass is 10.1. The maximum absolute atomic E-state index is 13.4. The molecule has 0 unspecified atom stereocenters. The number of ether oxygens (including phenoxy) is 1. The molecule has 0 bridgehead atoms. The zero-order valence-electron chi connectivity index (χ0n) is 10.1. The van der Waals surface area contributed by atoms with E-state index in [4.69, 9.17) is 4.74 Å². The van der Waals surface area contributed by atoms with E-state index in [0.717, 1.165) is 17.4 Å². The van der Waals surface area contributed by atoms with Gasteiger partial charge < -0.3 is 9.30 Å². The summed E-state index contributed by atoms with van der Waals surface area (Å²) < 4.78 is 21.3. The molecule has 0 fully saturated rings. The molecule has 0 radical (unpaired) electrons. The van der Waals surface area contributed by atoms with Crippen LogP contribution in [0.25, 0.3) is 10.9 Å². The molecule has 0 saturated heterocycles. The maximum Gasteiger partial charge on any atom is 0.138 e.